The third-order valence-corrected chi connectivity index (χ3v) is 5.89. The highest BCUT2D eigenvalue weighted by Gasteiger charge is 2.48. The summed E-state index contributed by atoms with van der Waals surface area (Å²) in [6.07, 6.45) is 11.9. The van der Waals surface area contributed by atoms with Crippen LogP contribution in [0.2, 0.25) is 0 Å². The van der Waals surface area contributed by atoms with E-state index in [-0.39, 0.29) is 5.41 Å². The summed E-state index contributed by atoms with van der Waals surface area (Å²) in [5, 5.41) is 0. The first-order valence-electron chi connectivity index (χ1n) is 9.09. The minimum absolute atomic E-state index is 0.00760. The number of hydrogen-bond donors (Lipinski definition) is 0. The third-order valence-electron chi connectivity index (χ3n) is 5.89. The third kappa shape index (κ3) is 1.93. The maximum atomic E-state index is 4.50. The van der Waals surface area contributed by atoms with E-state index in [9.17, 15) is 0 Å². The van der Waals surface area contributed by atoms with Crippen molar-refractivity contribution in [3.63, 3.8) is 0 Å². The minimum atomic E-state index is -0.00760. The molecule has 1 aromatic heterocycles. The van der Waals surface area contributed by atoms with Crippen LogP contribution in [0.5, 0.6) is 0 Å². The van der Waals surface area contributed by atoms with Gasteiger partial charge >= 0.3 is 0 Å². The molecule has 1 spiro atoms. The van der Waals surface area contributed by atoms with Gasteiger partial charge in [-0.2, -0.15) is 0 Å². The van der Waals surface area contributed by atoms with Gasteiger partial charge < -0.3 is 0 Å². The quantitative estimate of drug-likeness (QED) is 0.611. The van der Waals surface area contributed by atoms with E-state index in [4.69, 9.17) is 0 Å². The van der Waals surface area contributed by atoms with Crippen LogP contribution < -0.4 is 0 Å². The van der Waals surface area contributed by atoms with Crippen molar-refractivity contribution in [1.82, 2.24) is 9.97 Å². The van der Waals surface area contributed by atoms with E-state index in [2.05, 4.69) is 72.0 Å². The van der Waals surface area contributed by atoms with Crippen LogP contribution in [-0.4, -0.2) is 9.97 Å². The van der Waals surface area contributed by atoms with Gasteiger partial charge in [0.1, 0.15) is 0 Å². The Labute approximate surface area is 153 Å². The van der Waals surface area contributed by atoms with Crippen LogP contribution >= 0.6 is 0 Å². The zero-order valence-corrected chi connectivity index (χ0v) is 14.9. The summed E-state index contributed by atoms with van der Waals surface area (Å²) >= 11 is 0. The van der Waals surface area contributed by atoms with E-state index in [0.29, 0.717) is 0 Å². The number of aromatic nitrogens is 2. The van der Waals surface area contributed by atoms with Crippen LogP contribution in [0.4, 0.5) is 0 Å². The second-order valence-electron chi connectivity index (χ2n) is 7.17. The summed E-state index contributed by atoms with van der Waals surface area (Å²) in [6, 6.07) is 13.3. The van der Waals surface area contributed by atoms with Crippen LogP contribution in [0.15, 0.2) is 79.2 Å². The zero-order valence-electron chi connectivity index (χ0n) is 14.9. The minimum Gasteiger partial charge on any atom is -0.253 e. The lowest BCUT2D eigenvalue weighted by Gasteiger charge is -2.27. The number of nitrogens with zero attached hydrogens (tertiary/aromatic N) is 2. The van der Waals surface area contributed by atoms with E-state index in [1.807, 2.05) is 6.08 Å². The molecule has 1 heterocycles. The molecule has 2 aliphatic rings. The molecule has 26 heavy (non-hydrogen) atoms. The van der Waals surface area contributed by atoms with Gasteiger partial charge in [0.25, 0.3) is 0 Å². The van der Waals surface area contributed by atoms with E-state index < -0.39 is 0 Å². The molecule has 0 radical (unpaired) electrons. The largest absolute Gasteiger partial charge is 0.253 e. The predicted octanol–water partition coefficient (Wildman–Crippen LogP) is 5.20. The second-order valence-corrected chi connectivity index (χ2v) is 7.17. The van der Waals surface area contributed by atoms with E-state index in [0.717, 1.165) is 23.9 Å². The van der Waals surface area contributed by atoms with Crippen molar-refractivity contribution in [2.24, 2.45) is 0 Å². The van der Waals surface area contributed by atoms with Gasteiger partial charge in [0.05, 0.1) is 11.0 Å². The predicted molar refractivity (Wildman–Crippen MR) is 107 cm³/mol. The van der Waals surface area contributed by atoms with Crippen molar-refractivity contribution in [3.8, 4) is 0 Å². The molecule has 0 saturated carbocycles. The number of hydrogen-bond acceptors (Lipinski definition) is 2. The Bertz CT molecular complexity index is 1070. The molecule has 0 fully saturated rings. The summed E-state index contributed by atoms with van der Waals surface area (Å²) < 4.78 is 0. The van der Waals surface area contributed by atoms with Gasteiger partial charge in [-0.1, -0.05) is 49.1 Å². The molecule has 5 rings (SSSR count). The summed E-state index contributed by atoms with van der Waals surface area (Å²) in [7, 11) is 0. The molecular formula is C24H20N2. The number of benzene rings is 2. The van der Waals surface area contributed by atoms with Crippen LogP contribution in [0.25, 0.3) is 16.6 Å². The Hall–Kier alpha value is -3.00. The van der Waals surface area contributed by atoms with Crippen molar-refractivity contribution < 1.29 is 0 Å². The molecule has 0 amide bonds. The molecular weight excluding hydrogens is 316 g/mol. The lowest BCUT2D eigenvalue weighted by atomic mass is 9.75. The molecule has 2 aromatic carbocycles. The first-order chi connectivity index (χ1) is 12.8. The van der Waals surface area contributed by atoms with Gasteiger partial charge in [0, 0.05) is 17.8 Å². The summed E-state index contributed by atoms with van der Waals surface area (Å²) in [5.41, 5.74) is 10.3. The van der Waals surface area contributed by atoms with Crippen molar-refractivity contribution >= 4 is 16.6 Å². The fourth-order valence-corrected chi connectivity index (χ4v) is 4.88. The van der Waals surface area contributed by atoms with Crippen LogP contribution in [0, 0.1) is 0 Å². The van der Waals surface area contributed by atoms with E-state index >= 15 is 0 Å². The SMILES string of the molecule is C=C/C=C1\C(=C/C)c2ccccc2C12Cc1cc3nccnc3cc1C2. The maximum Gasteiger partial charge on any atom is 0.0889 e. The summed E-state index contributed by atoms with van der Waals surface area (Å²) in [6.45, 7) is 6.11. The Balaban J connectivity index is 1.76. The molecule has 0 unspecified atom stereocenters. The number of fused-ring (bicyclic) bond motifs is 4. The maximum absolute atomic E-state index is 4.50. The molecule has 0 bridgehead atoms. The molecule has 0 atom stereocenters. The Morgan fingerprint density at radius 1 is 1.00 bits per heavy atom. The van der Waals surface area contributed by atoms with E-state index in [1.54, 1.807) is 12.4 Å². The fourth-order valence-electron chi connectivity index (χ4n) is 4.88. The normalized spacial score (nSPS) is 20.0. The highest BCUT2D eigenvalue weighted by Crippen LogP contribution is 2.56. The summed E-state index contributed by atoms with van der Waals surface area (Å²) in [5.74, 6) is 0. The molecule has 0 aliphatic heterocycles. The van der Waals surface area contributed by atoms with Crippen LogP contribution in [-0.2, 0) is 18.3 Å². The smallest absolute Gasteiger partial charge is 0.0889 e. The van der Waals surface area contributed by atoms with Crippen LogP contribution in [0.1, 0.15) is 29.2 Å². The first-order valence-corrected chi connectivity index (χ1v) is 9.09. The Kier molecular flexibility index (Phi) is 3.23. The molecule has 126 valence electrons. The van der Waals surface area contributed by atoms with Gasteiger partial charge in [-0.3, -0.25) is 9.97 Å². The molecule has 2 aliphatic carbocycles. The lowest BCUT2D eigenvalue weighted by Crippen LogP contribution is -2.25. The lowest BCUT2D eigenvalue weighted by molar-refractivity contribution is 0.564. The molecule has 2 nitrogen and oxygen atoms in total. The van der Waals surface area contributed by atoms with E-state index in [1.165, 1.54) is 33.4 Å². The second kappa shape index (κ2) is 5.50. The van der Waals surface area contributed by atoms with Gasteiger partial charge in [0.15, 0.2) is 0 Å². The van der Waals surface area contributed by atoms with Crippen molar-refractivity contribution in [1.29, 1.82) is 0 Å². The molecule has 3 aromatic rings. The van der Waals surface area contributed by atoms with Gasteiger partial charge in [-0.15, -0.1) is 0 Å². The topological polar surface area (TPSA) is 25.8 Å². The van der Waals surface area contributed by atoms with Gasteiger partial charge in [-0.25, -0.2) is 0 Å². The average molecular weight is 336 g/mol. The average Bonchev–Trinajstić information content (AvgIpc) is 3.16. The van der Waals surface area contributed by atoms with Gasteiger partial charge in [-0.05, 0) is 65.3 Å². The molecule has 0 saturated heterocycles. The monoisotopic (exact) mass is 336 g/mol. The number of rotatable bonds is 1. The molecule has 0 N–H and O–H groups in total. The standard InChI is InChI=1S/C24H20N2/c1-3-7-20-18(4-2)19-8-5-6-9-21(19)24(20)14-16-12-22-23(13-17(16)15-24)26-11-10-25-22/h3-13H,1,14-15H2,2H3/b18-4-,20-7+. The van der Waals surface area contributed by atoms with Crippen molar-refractivity contribution in [3.05, 3.63) is 101 Å². The highest BCUT2D eigenvalue weighted by atomic mass is 14.8. The first kappa shape index (κ1) is 15.3. The fraction of sp³-hybridized carbons (Fsp3) is 0.167. The van der Waals surface area contributed by atoms with Gasteiger partial charge in [0.2, 0.25) is 0 Å². The zero-order chi connectivity index (χ0) is 17.7. The van der Waals surface area contributed by atoms with Crippen molar-refractivity contribution in [2.45, 2.75) is 25.2 Å². The van der Waals surface area contributed by atoms with Crippen LogP contribution in [0.3, 0.4) is 0 Å². The highest BCUT2D eigenvalue weighted by molar-refractivity contribution is 5.91. The molecule has 2 heteroatoms. The van der Waals surface area contributed by atoms with Crippen molar-refractivity contribution in [2.75, 3.05) is 0 Å². The Morgan fingerprint density at radius 3 is 2.27 bits per heavy atom. The summed E-state index contributed by atoms with van der Waals surface area (Å²) in [4.78, 5) is 9.00. The Morgan fingerprint density at radius 2 is 1.65 bits per heavy atom. The number of allylic oxidation sites excluding steroid dienone is 5.